The van der Waals surface area contributed by atoms with Gasteiger partial charge in [-0.1, -0.05) is 38.1 Å². The average molecular weight is 241 g/mol. The minimum Gasteiger partial charge on any atom is -0.338 e. The van der Waals surface area contributed by atoms with Crippen LogP contribution < -0.4 is 0 Å². The standard InChI is InChI=1S/C15H17N.C2H6/c1-11(2)16-14-9-5-3-7-12(14)13-8-4-6-10-15(13)16;1-2/h3,5-7,9-11H,4,8H2,1-2H3;1-2H3. The lowest BCUT2D eigenvalue weighted by Gasteiger charge is -2.14. The highest BCUT2D eigenvalue weighted by Gasteiger charge is 2.17. The fourth-order valence-corrected chi connectivity index (χ4v) is 2.77. The summed E-state index contributed by atoms with van der Waals surface area (Å²) in [6, 6.07) is 9.30. The van der Waals surface area contributed by atoms with E-state index < -0.39 is 0 Å². The number of aryl methyl sites for hydroxylation is 1. The van der Waals surface area contributed by atoms with Gasteiger partial charge in [-0.2, -0.15) is 0 Å². The van der Waals surface area contributed by atoms with Gasteiger partial charge < -0.3 is 4.57 Å². The van der Waals surface area contributed by atoms with Crippen LogP contribution in [0.4, 0.5) is 0 Å². The van der Waals surface area contributed by atoms with E-state index in [2.05, 4.69) is 54.8 Å². The van der Waals surface area contributed by atoms with Gasteiger partial charge in [0.2, 0.25) is 0 Å². The van der Waals surface area contributed by atoms with Crippen molar-refractivity contribution in [3.8, 4) is 0 Å². The highest BCUT2D eigenvalue weighted by molar-refractivity contribution is 5.89. The van der Waals surface area contributed by atoms with E-state index in [1.54, 1.807) is 0 Å². The summed E-state index contributed by atoms with van der Waals surface area (Å²) < 4.78 is 2.46. The molecule has 0 atom stereocenters. The molecule has 1 aromatic heterocycles. The third kappa shape index (κ3) is 1.98. The van der Waals surface area contributed by atoms with Crippen molar-refractivity contribution in [1.82, 2.24) is 4.57 Å². The predicted octanol–water partition coefficient (Wildman–Crippen LogP) is 5.21. The minimum absolute atomic E-state index is 0.524. The van der Waals surface area contributed by atoms with Crippen LogP contribution in [-0.2, 0) is 6.42 Å². The molecule has 0 saturated carbocycles. The van der Waals surface area contributed by atoms with Crippen molar-refractivity contribution in [2.45, 2.75) is 46.6 Å². The van der Waals surface area contributed by atoms with E-state index in [1.165, 1.54) is 35.0 Å². The molecule has 0 saturated heterocycles. The Morgan fingerprint density at radius 3 is 2.56 bits per heavy atom. The zero-order valence-corrected chi connectivity index (χ0v) is 11.9. The van der Waals surface area contributed by atoms with Gasteiger partial charge >= 0.3 is 0 Å². The molecule has 96 valence electrons. The molecule has 1 aliphatic rings. The molecule has 0 N–H and O–H groups in total. The zero-order chi connectivity index (χ0) is 13.1. The summed E-state index contributed by atoms with van der Waals surface area (Å²) in [4.78, 5) is 0. The molecule has 1 aliphatic carbocycles. The Kier molecular flexibility index (Phi) is 3.90. The summed E-state index contributed by atoms with van der Waals surface area (Å²) in [5, 5.41) is 1.44. The third-order valence-corrected chi connectivity index (χ3v) is 3.41. The fourth-order valence-electron chi connectivity index (χ4n) is 2.77. The van der Waals surface area contributed by atoms with Gasteiger partial charge in [0.25, 0.3) is 0 Å². The highest BCUT2D eigenvalue weighted by atomic mass is 15.0. The number of aromatic nitrogens is 1. The van der Waals surface area contributed by atoms with Gasteiger partial charge in [0.05, 0.1) is 0 Å². The van der Waals surface area contributed by atoms with Crippen LogP contribution in [0.2, 0.25) is 0 Å². The largest absolute Gasteiger partial charge is 0.338 e. The molecule has 0 unspecified atom stereocenters. The second-order valence-electron chi connectivity index (χ2n) is 4.79. The molecule has 0 radical (unpaired) electrons. The molecule has 0 aliphatic heterocycles. The van der Waals surface area contributed by atoms with Crippen LogP contribution in [0.15, 0.2) is 30.3 Å². The Labute approximate surface area is 110 Å². The quantitative estimate of drug-likeness (QED) is 0.646. The van der Waals surface area contributed by atoms with E-state index >= 15 is 0 Å². The monoisotopic (exact) mass is 241 g/mol. The van der Waals surface area contributed by atoms with Crippen molar-refractivity contribution in [2.75, 3.05) is 0 Å². The normalized spacial score (nSPS) is 13.4. The number of allylic oxidation sites excluding steroid dienone is 1. The summed E-state index contributed by atoms with van der Waals surface area (Å²) in [5.41, 5.74) is 4.34. The maximum Gasteiger partial charge on any atom is 0.0490 e. The third-order valence-electron chi connectivity index (χ3n) is 3.41. The van der Waals surface area contributed by atoms with Gasteiger partial charge in [-0.05, 0) is 44.4 Å². The molecule has 1 heterocycles. The maximum absolute atomic E-state index is 2.46. The van der Waals surface area contributed by atoms with E-state index in [9.17, 15) is 0 Å². The van der Waals surface area contributed by atoms with Gasteiger partial charge in [-0.15, -0.1) is 0 Å². The first-order valence-electron chi connectivity index (χ1n) is 7.07. The molecular formula is C17H23N. The molecule has 0 amide bonds. The van der Waals surface area contributed by atoms with Gasteiger partial charge in [-0.3, -0.25) is 0 Å². The van der Waals surface area contributed by atoms with E-state index in [0.29, 0.717) is 6.04 Å². The van der Waals surface area contributed by atoms with Crippen LogP contribution in [0.3, 0.4) is 0 Å². The van der Waals surface area contributed by atoms with Crippen molar-refractivity contribution < 1.29 is 0 Å². The van der Waals surface area contributed by atoms with E-state index in [4.69, 9.17) is 0 Å². The summed E-state index contributed by atoms with van der Waals surface area (Å²) in [6.45, 7) is 8.52. The Morgan fingerprint density at radius 1 is 1.11 bits per heavy atom. The van der Waals surface area contributed by atoms with E-state index in [1.807, 2.05) is 13.8 Å². The number of nitrogens with zero attached hydrogens (tertiary/aromatic N) is 1. The number of rotatable bonds is 1. The summed E-state index contributed by atoms with van der Waals surface area (Å²) in [7, 11) is 0. The average Bonchev–Trinajstić information content (AvgIpc) is 2.75. The number of benzene rings is 1. The Balaban J connectivity index is 0.000000574. The molecule has 0 bridgehead atoms. The topological polar surface area (TPSA) is 4.93 Å². The lowest BCUT2D eigenvalue weighted by molar-refractivity contribution is 0.615. The van der Waals surface area contributed by atoms with E-state index in [0.717, 1.165) is 0 Å². The number of fused-ring (bicyclic) bond motifs is 3. The van der Waals surface area contributed by atoms with Crippen molar-refractivity contribution in [1.29, 1.82) is 0 Å². The summed E-state index contributed by atoms with van der Waals surface area (Å²) in [6.07, 6.45) is 6.95. The van der Waals surface area contributed by atoms with Crippen LogP contribution in [0.1, 0.15) is 51.4 Å². The van der Waals surface area contributed by atoms with Crippen LogP contribution in [0, 0.1) is 0 Å². The van der Waals surface area contributed by atoms with Crippen LogP contribution >= 0.6 is 0 Å². The van der Waals surface area contributed by atoms with Crippen LogP contribution in [0.5, 0.6) is 0 Å². The first-order valence-corrected chi connectivity index (χ1v) is 7.07. The first kappa shape index (κ1) is 12.9. The van der Waals surface area contributed by atoms with Gasteiger partial charge in [0.1, 0.15) is 0 Å². The molecule has 0 fully saturated rings. The summed E-state index contributed by atoms with van der Waals surface area (Å²) >= 11 is 0. The predicted molar refractivity (Wildman–Crippen MR) is 81.0 cm³/mol. The Bertz CT molecular complexity index is 558. The minimum atomic E-state index is 0.524. The second kappa shape index (κ2) is 5.43. The van der Waals surface area contributed by atoms with Crippen LogP contribution in [0.25, 0.3) is 17.0 Å². The van der Waals surface area contributed by atoms with E-state index in [-0.39, 0.29) is 0 Å². The SMILES string of the molecule is CC.CC(C)n1c2c(c3ccccc31)CCC=C2. The molecule has 1 nitrogen and oxygen atoms in total. The van der Waals surface area contributed by atoms with Gasteiger partial charge in [0, 0.05) is 22.6 Å². The Morgan fingerprint density at radius 2 is 1.83 bits per heavy atom. The number of hydrogen-bond donors (Lipinski definition) is 0. The van der Waals surface area contributed by atoms with Crippen molar-refractivity contribution in [3.05, 3.63) is 41.6 Å². The molecule has 2 aromatic rings. The summed E-state index contributed by atoms with van der Waals surface area (Å²) in [5.74, 6) is 0. The second-order valence-corrected chi connectivity index (χ2v) is 4.79. The zero-order valence-electron chi connectivity index (χ0n) is 11.9. The van der Waals surface area contributed by atoms with Crippen molar-refractivity contribution in [3.63, 3.8) is 0 Å². The number of hydrogen-bond acceptors (Lipinski definition) is 0. The van der Waals surface area contributed by atoms with Gasteiger partial charge in [-0.25, -0.2) is 0 Å². The fraction of sp³-hybridized carbons (Fsp3) is 0.412. The van der Waals surface area contributed by atoms with Gasteiger partial charge in [0.15, 0.2) is 0 Å². The lowest BCUT2D eigenvalue weighted by Crippen LogP contribution is -2.04. The molecule has 1 aromatic carbocycles. The molecule has 3 rings (SSSR count). The number of para-hydroxylation sites is 1. The highest BCUT2D eigenvalue weighted by Crippen LogP contribution is 2.33. The molecular weight excluding hydrogens is 218 g/mol. The van der Waals surface area contributed by atoms with Crippen molar-refractivity contribution in [2.24, 2.45) is 0 Å². The molecule has 0 spiro atoms. The molecule has 18 heavy (non-hydrogen) atoms. The maximum atomic E-state index is 2.46. The molecule has 1 heteroatoms. The van der Waals surface area contributed by atoms with Crippen molar-refractivity contribution >= 4 is 17.0 Å². The smallest absolute Gasteiger partial charge is 0.0490 e. The first-order chi connectivity index (χ1) is 8.79. The Hall–Kier alpha value is -1.50. The lowest BCUT2D eigenvalue weighted by atomic mass is 10.0. The van der Waals surface area contributed by atoms with Crippen LogP contribution in [-0.4, -0.2) is 4.57 Å².